The number of imidazole rings is 4. The fourth-order valence-electron chi connectivity index (χ4n) is 2.63. The average molecular weight is 760 g/mol. The molecule has 0 aliphatic heterocycles. The monoisotopic (exact) mass is 759 g/mol. The number of hydrogen-bond donors (Lipinski definition) is 3. The molecule has 0 saturated heterocycles. The summed E-state index contributed by atoms with van der Waals surface area (Å²) in [6, 6.07) is 7.88. The number of carbonyl (C=O) groups is 2. The molecule has 0 saturated carbocycles. The number of aryl methyl sites for hydroxylation is 3. The van der Waals surface area contributed by atoms with E-state index in [2.05, 4.69) is 44.2 Å². The van der Waals surface area contributed by atoms with Crippen molar-refractivity contribution >= 4 is 48.6 Å². The van der Waals surface area contributed by atoms with E-state index < -0.39 is 0 Å². The van der Waals surface area contributed by atoms with E-state index in [-0.39, 0.29) is 108 Å². The van der Waals surface area contributed by atoms with Crippen LogP contribution in [0.15, 0.2) is 78.7 Å². The number of rotatable bonds is 7. The van der Waals surface area contributed by atoms with Gasteiger partial charge in [0.05, 0.1) is 19.2 Å². The van der Waals surface area contributed by atoms with Gasteiger partial charge in [-0.1, -0.05) is 30.2 Å². The summed E-state index contributed by atoms with van der Waals surface area (Å²) in [6.45, 7) is 2.03. The van der Waals surface area contributed by atoms with Crippen LogP contribution in [-0.2, 0) is 37.9 Å². The van der Waals surface area contributed by atoms with Crippen LogP contribution in [0.2, 0.25) is 0 Å². The SMILES string of the molecule is C.COOOSc1ccc(C)cc1.Cn1ccnc1-c1nccn1C.I.N.O.O=CC=O.[H-].[K+].c1c[nH]c(-c2ncc[nH]2)n1. The number of aldehydes is 2. The zero-order valence-corrected chi connectivity index (χ0v) is 30.1. The summed E-state index contributed by atoms with van der Waals surface area (Å²) >= 11 is 1.11. The van der Waals surface area contributed by atoms with Crippen molar-refractivity contribution in [1.82, 2.24) is 45.2 Å². The Labute approximate surface area is 315 Å². The Bertz CT molecular complexity index is 1250. The summed E-state index contributed by atoms with van der Waals surface area (Å²) in [5.74, 6) is 3.32. The van der Waals surface area contributed by atoms with Crippen molar-refractivity contribution in [3.05, 3.63) is 79.4 Å². The minimum absolute atomic E-state index is 0. The van der Waals surface area contributed by atoms with Crippen LogP contribution in [0.1, 0.15) is 14.4 Å². The van der Waals surface area contributed by atoms with Crippen molar-refractivity contribution in [2.45, 2.75) is 19.2 Å². The minimum atomic E-state index is 0. The zero-order valence-electron chi connectivity index (χ0n) is 24.8. The number of aromatic amines is 2. The molecule has 0 aliphatic rings. The van der Waals surface area contributed by atoms with Gasteiger partial charge in [-0.25, -0.2) is 24.8 Å². The van der Waals surface area contributed by atoms with E-state index in [0.717, 1.165) is 40.2 Å². The molecule has 0 fully saturated rings. The van der Waals surface area contributed by atoms with Gasteiger partial charge in [0.1, 0.15) is 0 Å². The number of nitrogens with one attached hydrogen (secondary N) is 2. The Balaban J connectivity index is -0.000000153. The van der Waals surface area contributed by atoms with Gasteiger partial charge in [-0.2, -0.15) is 0 Å². The van der Waals surface area contributed by atoms with Crippen LogP contribution in [0, 0.1) is 6.92 Å². The molecule has 4 heterocycles. The second kappa shape index (κ2) is 28.7. The van der Waals surface area contributed by atoms with E-state index in [0.29, 0.717) is 0 Å². The molecule has 0 aliphatic carbocycles. The van der Waals surface area contributed by atoms with E-state index in [9.17, 15) is 0 Å². The molecule has 0 spiro atoms. The molecule has 7 N–H and O–H groups in total. The first kappa shape index (κ1) is 47.8. The molecule has 15 nitrogen and oxygen atoms in total. The van der Waals surface area contributed by atoms with Crippen LogP contribution in [0.4, 0.5) is 0 Å². The molecule has 234 valence electrons. The third-order valence-electron chi connectivity index (χ3n) is 4.37. The van der Waals surface area contributed by atoms with Gasteiger partial charge in [0, 0.05) is 68.6 Å². The van der Waals surface area contributed by atoms with Gasteiger partial charge >= 0.3 is 51.4 Å². The first-order valence-corrected chi connectivity index (χ1v) is 11.7. The molecule has 0 atom stereocenters. The molecule has 4 aromatic heterocycles. The van der Waals surface area contributed by atoms with Crippen LogP contribution in [0.25, 0.3) is 23.3 Å². The van der Waals surface area contributed by atoms with Gasteiger partial charge in [0.25, 0.3) is 0 Å². The fourth-order valence-corrected chi connectivity index (χ4v) is 3.04. The smallest absolute Gasteiger partial charge is 1.00 e. The maximum atomic E-state index is 8.81. The predicted octanol–water partition coefficient (Wildman–Crippen LogP) is 1.22. The first-order valence-electron chi connectivity index (χ1n) is 10.9. The van der Waals surface area contributed by atoms with Gasteiger partial charge in [-0.05, 0) is 19.1 Å². The van der Waals surface area contributed by atoms with Crippen LogP contribution >= 0.6 is 36.0 Å². The quantitative estimate of drug-likeness (QED) is 0.0313. The van der Waals surface area contributed by atoms with Gasteiger partial charge in [-0.3, -0.25) is 9.59 Å². The molecular formula is C25H39IKN9O6S. The van der Waals surface area contributed by atoms with Gasteiger partial charge < -0.3 is 32.2 Å². The fraction of sp³-hybridized carbons (Fsp3) is 0.200. The van der Waals surface area contributed by atoms with Crippen molar-refractivity contribution in [3.8, 4) is 23.3 Å². The van der Waals surface area contributed by atoms with E-state index in [1.54, 1.807) is 37.2 Å². The maximum absolute atomic E-state index is 8.81. The van der Waals surface area contributed by atoms with Gasteiger partial charge in [-0.15, -0.1) is 28.3 Å². The van der Waals surface area contributed by atoms with Crippen LogP contribution in [0.5, 0.6) is 0 Å². The number of benzene rings is 1. The Kier molecular flexibility index (Phi) is 31.9. The Morgan fingerprint density at radius 3 is 1.58 bits per heavy atom. The third-order valence-corrected chi connectivity index (χ3v) is 4.95. The minimum Gasteiger partial charge on any atom is -1.00 e. The van der Waals surface area contributed by atoms with E-state index in [1.165, 1.54) is 12.7 Å². The maximum Gasteiger partial charge on any atom is 1.00 e. The summed E-state index contributed by atoms with van der Waals surface area (Å²) in [5, 5.41) is 4.23. The first-order chi connectivity index (χ1) is 18.5. The molecule has 0 unspecified atom stereocenters. The zero-order chi connectivity index (χ0) is 27.6. The second-order valence-electron chi connectivity index (χ2n) is 7.07. The Morgan fingerprint density at radius 1 is 0.837 bits per heavy atom. The van der Waals surface area contributed by atoms with Crippen molar-refractivity contribution in [2.75, 3.05) is 7.11 Å². The largest absolute Gasteiger partial charge is 1.00 e. The molecule has 0 bridgehead atoms. The third kappa shape index (κ3) is 18.4. The molecule has 0 amide bonds. The molecule has 0 radical (unpaired) electrons. The molecule has 43 heavy (non-hydrogen) atoms. The number of nitrogens with zero attached hydrogens (tertiary/aromatic N) is 6. The summed E-state index contributed by atoms with van der Waals surface area (Å²) in [7, 11) is 5.30. The summed E-state index contributed by atoms with van der Waals surface area (Å²) < 4.78 is 8.50. The Hall–Kier alpha value is -2.08. The molecule has 1 aromatic carbocycles. The number of aromatic nitrogens is 8. The van der Waals surface area contributed by atoms with Crippen molar-refractivity contribution < 1.29 is 82.1 Å². The van der Waals surface area contributed by atoms with E-state index >= 15 is 0 Å². The topological polar surface area (TPSA) is 221 Å². The van der Waals surface area contributed by atoms with E-state index in [1.807, 2.05) is 66.8 Å². The molecule has 5 rings (SSSR count). The van der Waals surface area contributed by atoms with Crippen LogP contribution < -0.4 is 57.5 Å². The summed E-state index contributed by atoms with van der Waals surface area (Å²) in [4.78, 5) is 45.1. The van der Waals surface area contributed by atoms with Crippen molar-refractivity contribution in [2.24, 2.45) is 14.1 Å². The van der Waals surface area contributed by atoms with Crippen LogP contribution in [0.3, 0.4) is 0 Å². The molecular weight excluding hydrogens is 720 g/mol. The number of halogens is 1. The molecule has 5 aromatic rings. The second-order valence-corrected chi connectivity index (χ2v) is 7.84. The van der Waals surface area contributed by atoms with Gasteiger partial charge in [0.2, 0.25) is 0 Å². The standard InChI is InChI=1S/C8H10N4.C8H10O3S.C6H6N4.C2H2O2.CH4.HI.K.H3N.H2O.H/c1-11-5-3-9-7(11)8-10-4-6-12(8)2;1-7-3-5-8(6-4-7)12-11-10-9-2;1-2-8-5(7-1)6-9-3-4-10-6;3-1-2-4;;;;;;/h2*3-6H,1-2H3;1-4H,(H,7,8)(H,9,10);1-2H;1H4;1H;;1H3;1H2;/q;;;;;;+1;;;-1. The van der Waals surface area contributed by atoms with Gasteiger partial charge in [0.15, 0.2) is 35.9 Å². The Morgan fingerprint density at radius 2 is 1.28 bits per heavy atom. The normalized spacial score (nSPS) is 8.56. The number of H-pyrrole nitrogens is 2. The average Bonchev–Trinajstić information content (AvgIpc) is 3.74. The van der Waals surface area contributed by atoms with Crippen molar-refractivity contribution in [1.29, 1.82) is 0 Å². The summed E-state index contributed by atoms with van der Waals surface area (Å²) in [5.41, 5.74) is 1.21. The number of hydrogen-bond acceptors (Lipinski definition) is 11. The number of carbonyl (C=O) groups excluding carboxylic acids is 2. The summed E-state index contributed by atoms with van der Waals surface area (Å²) in [6.07, 6.45) is 14.6. The molecule has 18 heteroatoms. The van der Waals surface area contributed by atoms with Crippen LogP contribution in [-0.4, -0.2) is 64.2 Å². The predicted molar refractivity (Wildman–Crippen MR) is 172 cm³/mol. The van der Waals surface area contributed by atoms with E-state index in [4.69, 9.17) is 9.59 Å². The van der Waals surface area contributed by atoms with Crippen molar-refractivity contribution in [3.63, 3.8) is 0 Å².